The number of aromatic amines is 1. The van der Waals surface area contributed by atoms with E-state index in [9.17, 15) is 4.79 Å². The Hall–Kier alpha value is -3.56. The van der Waals surface area contributed by atoms with Crippen molar-refractivity contribution in [1.82, 2.24) is 35.8 Å². The Labute approximate surface area is 130 Å². The van der Waals surface area contributed by atoms with Gasteiger partial charge in [-0.05, 0) is 10.4 Å². The number of H-pyrrole nitrogens is 1. The molecular formula is C13H13N9O. The number of anilines is 1. The Morgan fingerprint density at radius 3 is 2.96 bits per heavy atom. The molecule has 0 saturated heterocycles. The van der Waals surface area contributed by atoms with Crippen molar-refractivity contribution in [2.75, 3.05) is 5.73 Å². The second kappa shape index (κ2) is 6.47. The molecule has 0 fully saturated rings. The second-order valence-electron chi connectivity index (χ2n) is 4.55. The number of nitrogen functional groups attached to an aromatic ring is 1. The lowest BCUT2D eigenvalue weighted by atomic mass is 10.1. The van der Waals surface area contributed by atoms with Gasteiger partial charge in [0.25, 0.3) is 5.91 Å². The molecule has 1 aromatic carbocycles. The van der Waals surface area contributed by atoms with Crippen LogP contribution >= 0.6 is 0 Å². The van der Waals surface area contributed by atoms with E-state index in [0.717, 1.165) is 21.5 Å². The van der Waals surface area contributed by atoms with Crippen molar-refractivity contribution >= 4 is 18.1 Å². The molecule has 10 nitrogen and oxygen atoms in total. The molecule has 0 saturated carbocycles. The fourth-order valence-electron chi connectivity index (χ4n) is 1.90. The highest BCUT2D eigenvalue weighted by Crippen LogP contribution is 2.18. The largest absolute Gasteiger partial charge is 0.367 e. The van der Waals surface area contributed by atoms with Crippen LogP contribution < -0.4 is 11.2 Å². The van der Waals surface area contributed by atoms with Crippen LogP contribution in [0.15, 0.2) is 41.6 Å². The lowest BCUT2D eigenvalue weighted by Gasteiger charge is -2.01. The van der Waals surface area contributed by atoms with Gasteiger partial charge in [0.05, 0.1) is 18.1 Å². The Morgan fingerprint density at radius 2 is 2.22 bits per heavy atom. The molecule has 4 N–H and O–H groups in total. The molecular weight excluding hydrogens is 298 g/mol. The SMILES string of the molecule is Nc1nnnn1CC(=O)N/N=C\c1cn[nH]c1-c1ccccc1. The summed E-state index contributed by atoms with van der Waals surface area (Å²) in [5, 5.41) is 21.2. The van der Waals surface area contributed by atoms with E-state index in [-0.39, 0.29) is 12.5 Å². The zero-order valence-corrected chi connectivity index (χ0v) is 11.9. The Bertz CT molecular complexity index is 821. The molecule has 0 aliphatic carbocycles. The number of rotatable bonds is 5. The molecule has 2 aromatic heterocycles. The number of nitrogens with zero attached hydrogens (tertiary/aromatic N) is 6. The van der Waals surface area contributed by atoms with Crippen LogP contribution in [0, 0.1) is 0 Å². The summed E-state index contributed by atoms with van der Waals surface area (Å²) >= 11 is 0. The number of hydrogen-bond donors (Lipinski definition) is 3. The lowest BCUT2D eigenvalue weighted by Crippen LogP contribution is -2.24. The van der Waals surface area contributed by atoms with Crippen molar-refractivity contribution in [2.45, 2.75) is 6.54 Å². The van der Waals surface area contributed by atoms with Gasteiger partial charge in [0.1, 0.15) is 6.54 Å². The maximum atomic E-state index is 11.7. The summed E-state index contributed by atoms with van der Waals surface area (Å²) in [6.45, 7) is -0.118. The van der Waals surface area contributed by atoms with Crippen molar-refractivity contribution in [1.29, 1.82) is 0 Å². The number of amides is 1. The molecule has 0 spiro atoms. The molecule has 23 heavy (non-hydrogen) atoms. The smallest absolute Gasteiger partial charge is 0.261 e. The Kier molecular flexibility index (Phi) is 4.05. The topological polar surface area (TPSA) is 140 Å². The van der Waals surface area contributed by atoms with E-state index in [0.29, 0.717) is 0 Å². The predicted octanol–water partition coefficient (Wildman–Crippen LogP) is -0.204. The summed E-state index contributed by atoms with van der Waals surface area (Å²) in [7, 11) is 0. The molecule has 0 aliphatic rings. The van der Waals surface area contributed by atoms with E-state index in [2.05, 4.69) is 36.3 Å². The standard InChI is InChI=1S/C13H13N9O/c14-13-19-20-21-22(13)8-11(23)17-15-6-10-7-16-18-12(10)9-4-2-1-3-5-9/h1-7H,8H2,(H,16,18)(H,17,23)(H2,14,19,21)/b15-6-. The first-order valence-corrected chi connectivity index (χ1v) is 6.66. The van der Waals surface area contributed by atoms with Crippen LogP contribution in [0.2, 0.25) is 0 Å². The number of hydrogen-bond acceptors (Lipinski definition) is 7. The number of carbonyl (C=O) groups excluding carboxylic acids is 1. The third kappa shape index (κ3) is 3.37. The molecule has 3 rings (SSSR count). The molecule has 116 valence electrons. The number of carbonyl (C=O) groups is 1. The van der Waals surface area contributed by atoms with Crippen molar-refractivity contribution in [3.63, 3.8) is 0 Å². The molecule has 0 atom stereocenters. The average molecular weight is 311 g/mol. The fraction of sp³-hybridized carbons (Fsp3) is 0.0769. The monoisotopic (exact) mass is 311 g/mol. The van der Waals surface area contributed by atoms with Crippen molar-refractivity contribution in [3.8, 4) is 11.3 Å². The molecule has 2 heterocycles. The van der Waals surface area contributed by atoms with E-state index in [1.165, 1.54) is 6.21 Å². The van der Waals surface area contributed by atoms with Crippen molar-refractivity contribution < 1.29 is 4.79 Å². The van der Waals surface area contributed by atoms with Gasteiger partial charge in [0, 0.05) is 11.1 Å². The van der Waals surface area contributed by atoms with Crippen molar-refractivity contribution in [3.05, 3.63) is 42.1 Å². The number of hydrazone groups is 1. The first kappa shape index (κ1) is 14.4. The van der Waals surface area contributed by atoms with Crippen LogP contribution in [0.25, 0.3) is 11.3 Å². The third-order valence-corrected chi connectivity index (χ3v) is 2.98. The quantitative estimate of drug-likeness (QED) is 0.440. The zero-order chi connectivity index (χ0) is 16.1. The number of nitrogens with two attached hydrogens (primary N) is 1. The van der Waals surface area contributed by atoms with Crippen LogP contribution in [0.1, 0.15) is 5.56 Å². The van der Waals surface area contributed by atoms with Crippen molar-refractivity contribution in [2.24, 2.45) is 5.10 Å². The minimum absolute atomic E-state index is 0.0605. The van der Waals surface area contributed by atoms with E-state index in [4.69, 9.17) is 5.73 Å². The zero-order valence-electron chi connectivity index (χ0n) is 11.9. The highest BCUT2D eigenvalue weighted by atomic mass is 16.2. The molecule has 3 aromatic rings. The molecule has 0 radical (unpaired) electrons. The first-order chi connectivity index (χ1) is 11.2. The normalized spacial score (nSPS) is 11.0. The van der Waals surface area contributed by atoms with Gasteiger partial charge in [0.15, 0.2) is 0 Å². The van der Waals surface area contributed by atoms with Gasteiger partial charge in [-0.15, -0.1) is 0 Å². The molecule has 10 heteroatoms. The van der Waals surface area contributed by atoms with Gasteiger partial charge in [-0.1, -0.05) is 35.4 Å². The van der Waals surface area contributed by atoms with Gasteiger partial charge in [0.2, 0.25) is 5.95 Å². The summed E-state index contributed by atoms with van der Waals surface area (Å²) in [6, 6.07) is 9.68. The van der Waals surface area contributed by atoms with E-state index in [1.54, 1.807) is 6.20 Å². The van der Waals surface area contributed by atoms with Crippen LogP contribution in [-0.2, 0) is 11.3 Å². The number of tetrazole rings is 1. The van der Waals surface area contributed by atoms with E-state index in [1.807, 2.05) is 30.3 Å². The maximum absolute atomic E-state index is 11.7. The predicted molar refractivity (Wildman–Crippen MR) is 82.0 cm³/mol. The summed E-state index contributed by atoms with van der Waals surface area (Å²) in [5.41, 5.74) is 10.4. The van der Waals surface area contributed by atoms with Gasteiger partial charge >= 0.3 is 0 Å². The minimum atomic E-state index is -0.398. The lowest BCUT2D eigenvalue weighted by molar-refractivity contribution is -0.121. The van der Waals surface area contributed by atoms with Crippen LogP contribution in [0.4, 0.5) is 5.95 Å². The molecule has 0 bridgehead atoms. The molecule has 1 amide bonds. The third-order valence-electron chi connectivity index (χ3n) is 2.98. The van der Waals surface area contributed by atoms with Gasteiger partial charge in [-0.3, -0.25) is 9.89 Å². The summed E-state index contributed by atoms with van der Waals surface area (Å²) in [5.74, 6) is -0.338. The molecule has 0 unspecified atom stereocenters. The summed E-state index contributed by atoms with van der Waals surface area (Å²) in [4.78, 5) is 11.7. The van der Waals surface area contributed by atoms with Crippen LogP contribution in [0.5, 0.6) is 0 Å². The average Bonchev–Trinajstić information content (AvgIpc) is 3.18. The summed E-state index contributed by atoms with van der Waals surface area (Å²) in [6.07, 6.45) is 3.13. The minimum Gasteiger partial charge on any atom is -0.367 e. The number of aromatic nitrogens is 6. The number of nitrogens with one attached hydrogen (secondary N) is 2. The molecule has 0 aliphatic heterocycles. The Morgan fingerprint density at radius 1 is 1.39 bits per heavy atom. The number of benzene rings is 1. The Balaban J connectivity index is 1.64. The maximum Gasteiger partial charge on any atom is 0.261 e. The highest BCUT2D eigenvalue weighted by Gasteiger charge is 2.07. The van der Waals surface area contributed by atoms with E-state index >= 15 is 0 Å². The fourth-order valence-corrected chi connectivity index (χ4v) is 1.90. The highest BCUT2D eigenvalue weighted by molar-refractivity contribution is 5.89. The summed E-state index contributed by atoms with van der Waals surface area (Å²) < 4.78 is 1.16. The van der Waals surface area contributed by atoms with Gasteiger partial charge in [-0.2, -0.15) is 10.2 Å². The van der Waals surface area contributed by atoms with Gasteiger partial charge < -0.3 is 5.73 Å². The van der Waals surface area contributed by atoms with Gasteiger partial charge in [-0.25, -0.2) is 10.1 Å². The first-order valence-electron chi connectivity index (χ1n) is 6.66. The van der Waals surface area contributed by atoms with Crippen LogP contribution in [-0.4, -0.2) is 42.5 Å². The van der Waals surface area contributed by atoms with E-state index < -0.39 is 5.91 Å². The second-order valence-corrected chi connectivity index (χ2v) is 4.55. The van der Waals surface area contributed by atoms with Crippen LogP contribution in [0.3, 0.4) is 0 Å².